The van der Waals surface area contributed by atoms with Gasteiger partial charge in [-0.15, -0.1) is 6.42 Å². The number of pyridine rings is 1. The summed E-state index contributed by atoms with van der Waals surface area (Å²) in [6.45, 7) is 3.68. The number of rotatable bonds is 5. The number of aliphatic hydroxyl groups is 1. The summed E-state index contributed by atoms with van der Waals surface area (Å²) in [6.07, 6.45) is 5.73. The molecule has 2 bridgehead atoms. The first kappa shape index (κ1) is 15.3. The van der Waals surface area contributed by atoms with Gasteiger partial charge in [-0.25, -0.2) is 0 Å². The number of hydrogen-bond acceptors (Lipinski definition) is 4. The van der Waals surface area contributed by atoms with Gasteiger partial charge >= 0.3 is 0 Å². The van der Waals surface area contributed by atoms with Gasteiger partial charge in [-0.05, 0) is 18.4 Å². The molecule has 0 radical (unpaired) electrons. The summed E-state index contributed by atoms with van der Waals surface area (Å²) in [6, 6.07) is 5.53. The van der Waals surface area contributed by atoms with E-state index >= 15 is 0 Å². The Morgan fingerprint density at radius 1 is 1.41 bits per heavy atom. The molecule has 1 saturated heterocycles. The summed E-state index contributed by atoms with van der Waals surface area (Å²) in [5, 5.41) is 10.0. The Kier molecular flexibility index (Phi) is 4.63. The molecule has 3 rings (SSSR count). The molecule has 0 amide bonds. The molecule has 0 spiro atoms. The Morgan fingerprint density at radius 2 is 2.27 bits per heavy atom. The van der Waals surface area contributed by atoms with Crippen LogP contribution in [0.2, 0.25) is 0 Å². The standard InChI is InChI=1S/C17H22N2O3/c1-2-6-22-12-15(20)11-18-8-13-7-14(10-18)16-4-3-5-17(21)19(16)9-13/h1,3-5,13-15,20H,6-12H2. The Balaban J connectivity index is 1.64. The van der Waals surface area contributed by atoms with Gasteiger partial charge in [-0.3, -0.25) is 9.69 Å². The Morgan fingerprint density at radius 3 is 3.09 bits per heavy atom. The van der Waals surface area contributed by atoms with Crippen LogP contribution in [-0.2, 0) is 11.3 Å². The quantitative estimate of drug-likeness (QED) is 0.627. The number of piperidine rings is 1. The highest BCUT2D eigenvalue weighted by molar-refractivity contribution is 5.16. The predicted octanol–water partition coefficient (Wildman–Crippen LogP) is 0.278. The molecule has 5 heteroatoms. The molecule has 2 aliphatic heterocycles. The minimum absolute atomic E-state index is 0.100. The number of fused-ring (bicyclic) bond motifs is 4. The first-order chi connectivity index (χ1) is 10.7. The molecule has 5 nitrogen and oxygen atoms in total. The Labute approximate surface area is 130 Å². The van der Waals surface area contributed by atoms with Crippen LogP contribution in [0.1, 0.15) is 18.0 Å². The first-order valence-electron chi connectivity index (χ1n) is 7.78. The number of nitrogens with zero attached hydrogens (tertiary/aromatic N) is 2. The first-order valence-corrected chi connectivity index (χ1v) is 7.78. The zero-order valence-electron chi connectivity index (χ0n) is 12.6. The molecule has 1 aromatic heterocycles. The second-order valence-electron chi connectivity index (χ2n) is 6.29. The van der Waals surface area contributed by atoms with Gasteiger partial charge in [0.15, 0.2) is 0 Å². The maximum Gasteiger partial charge on any atom is 0.250 e. The zero-order chi connectivity index (χ0) is 15.5. The Hall–Kier alpha value is -1.61. The predicted molar refractivity (Wildman–Crippen MR) is 83.6 cm³/mol. The molecule has 3 heterocycles. The van der Waals surface area contributed by atoms with E-state index in [2.05, 4.69) is 16.9 Å². The lowest BCUT2D eigenvalue weighted by molar-refractivity contribution is 0.0112. The van der Waals surface area contributed by atoms with Crippen molar-refractivity contribution in [3.05, 3.63) is 34.2 Å². The molecule has 3 unspecified atom stereocenters. The maximum absolute atomic E-state index is 12.0. The maximum atomic E-state index is 12.0. The molecule has 1 N–H and O–H groups in total. The average molecular weight is 302 g/mol. The molecule has 0 saturated carbocycles. The van der Waals surface area contributed by atoms with Gasteiger partial charge in [0, 0.05) is 43.9 Å². The molecule has 1 aromatic rings. The van der Waals surface area contributed by atoms with E-state index in [4.69, 9.17) is 11.2 Å². The molecule has 3 atom stereocenters. The van der Waals surface area contributed by atoms with Crippen LogP contribution >= 0.6 is 0 Å². The third-order valence-corrected chi connectivity index (χ3v) is 4.52. The van der Waals surface area contributed by atoms with Gasteiger partial charge in [0.25, 0.3) is 5.56 Å². The third-order valence-electron chi connectivity index (χ3n) is 4.52. The van der Waals surface area contributed by atoms with Crippen molar-refractivity contribution in [1.29, 1.82) is 0 Å². The third kappa shape index (κ3) is 3.25. The number of aliphatic hydroxyl groups excluding tert-OH is 1. The number of ether oxygens (including phenoxy) is 1. The number of aromatic nitrogens is 1. The SMILES string of the molecule is C#CCOCC(O)CN1CC2CC(C1)c1cccc(=O)n1C2. The molecule has 22 heavy (non-hydrogen) atoms. The van der Waals surface area contributed by atoms with Crippen LogP contribution < -0.4 is 5.56 Å². The van der Waals surface area contributed by atoms with E-state index in [0.717, 1.165) is 31.7 Å². The molecule has 0 aromatic carbocycles. The van der Waals surface area contributed by atoms with Crippen LogP contribution in [0.5, 0.6) is 0 Å². The average Bonchev–Trinajstić information content (AvgIpc) is 2.48. The summed E-state index contributed by atoms with van der Waals surface area (Å²) in [4.78, 5) is 14.3. The van der Waals surface area contributed by atoms with Crippen molar-refractivity contribution in [2.24, 2.45) is 5.92 Å². The lowest BCUT2D eigenvalue weighted by Crippen LogP contribution is -2.49. The molecule has 1 fully saturated rings. The van der Waals surface area contributed by atoms with E-state index in [1.807, 2.05) is 10.6 Å². The molecule has 0 aliphatic carbocycles. The Bertz CT molecular complexity index is 619. The lowest BCUT2D eigenvalue weighted by Gasteiger charge is -2.43. The van der Waals surface area contributed by atoms with E-state index in [0.29, 0.717) is 18.4 Å². The smallest absolute Gasteiger partial charge is 0.250 e. The fourth-order valence-corrected chi connectivity index (χ4v) is 3.75. The molecule has 2 aliphatic rings. The highest BCUT2D eigenvalue weighted by Gasteiger charge is 2.34. The van der Waals surface area contributed by atoms with Crippen molar-refractivity contribution in [3.8, 4) is 12.3 Å². The van der Waals surface area contributed by atoms with E-state index in [9.17, 15) is 9.90 Å². The number of β-amino-alcohol motifs (C(OH)–C–C–N with tert-alkyl or cyclic N) is 1. The largest absolute Gasteiger partial charge is 0.389 e. The fourth-order valence-electron chi connectivity index (χ4n) is 3.75. The van der Waals surface area contributed by atoms with Crippen LogP contribution in [0, 0.1) is 18.3 Å². The fraction of sp³-hybridized carbons (Fsp3) is 0.588. The van der Waals surface area contributed by atoms with E-state index in [1.165, 1.54) is 0 Å². The summed E-state index contributed by atoms with van der Waals surface area (Å²) >= 11 is 0. The van der Waals surface area contributed by atoms with Crippen molar-refractivity contribution in [2.45, 2.75) is 25.0 Å². The number of hydrogen-bond donors (Lipinski definition) is 1. The van der Waals surface area contributed by atoms with Gasteiger partial charge in [0.05, 0.1) is 12.7 Å². The minimum Gasteiger partial charge on any atom is -0.389 e. The van der Waals surface area contributed by atoms with Gasteiger partial charge in [0.1, 0.15) is 6.61 Å². The monoisotopic (exact) mass is 302 g/mol. The van der Waals surface area contributed by atoms with Gasteiger partial charge in [0.2, 0.25) is 0 Å². The van der Waals surface area contributed by atoms with Crippen molar-refractivity contribution >= 4 is 0 Å². The van der Waals surface area contributed by atoms with Crippen molar-refractivity contribution in [2.75, 3.05) is 32.8 Å². The van der Waals surface area contributed by atoms with Crippen molar-refractivity contribution in [1.82, 2.24) is 9.47 Å². The topological polar surface area (TPSA) is 54.7 Å². The summed E-state index contributed by atoms with van der Waals surface area (Å²) in [5.74, 6) is 3.25. The van der Waals surface area contributed by atoms with Gasteiger partial charge in [-0.2, -0.15) is 0 Å². The number of terminal acetylenes is 1. The van der Waals surface area contributed by atoms with E-state index in [1.54, 1.807) is 6.07 Å². The molecular weight excluding hydrogens is 280 g/mol. The second-order valence-corrected chi connectivity index (χ2v) is 6.29. The summed E-state index contributed by atoms with van der Waals surface area (Å²) < 4.78 is 7.11. The lowest BCUT2D eigenvalue weighted by atomic mass is 9.83. The van der Waals surface area contributed by atoms with Crippen LogP contribution in [0.3, 0.4) is 0 Å². The van der Waals surface area contributed by atoms with Gasteiger partial charge in [-0.1, -0.05) is 12.0 Å². The van der Waals surface area contributed by atoms with Crippen molar-refractivity contribution in [3.63, 3.8) is 0 Å². The minimum atomic E-state index is -0.523. The van der Waals surface area contributed by atoms with Crippen LogP contribution in [-0.4, -0.2) is 53.5 Å². The van der Waals surface area contributed by atoms with Gasteiger partial charge < -0.3 is 14.4 Å². The second kappa shape index (κ2) is 6.66. The van der Waals surface area contributed by atoms with Crippen LogP contribution in [0.25, 0.3) is 0 Å². The molecule has 118 valence electrons. The summed E-state index contributed by atoms with van der Waals surface area (Å²) in [7, 11) is 0. The highest BCUT2D eigenvalue weighted by atomic mass is 16.5. The molecular formula is C17H22N2O3. The summed E-state index contributed by atoms with van der Waals surface area (Å²) in [5.41, 5.74) is 1.23. The van der Waals surface area contributed by atoms with Crippen LogP contribution in [0.15, 0.2) is 23.0 Å². The van der Waals surface area contributed by atoms with Crippen molar-refractivity contribution < 1.29 is 9.84 Å². The van der Waals surface area contributed by atoms with Crippen LogP contribution in [0.4, 0.5) is 0 Å². The highest BCUT2D eigenvalue weighted by Crippen LogP contribution is 2.34. The zero-order valence-corrected chi connectivity index (χ0v) is 12.6. The van der Waals surface area contributed by atoms with E-state index < -0.39 is 6.10 Å². The van der Waals surface area contributed by atoms with E-state index in [-0.39, 0.29) is 18.8 Å². The normalized spacial score (nSPS) is 25.3. The number of likely N-dealkylation sites (tertiary alicyclic amines) is 1.